The van der Waals surface area contributed by atoms with Gasteiger partial charge in [0.15, 0.2) is 25.3 Å². The molecule has 4 aliphatic rings. The number of carbonyl (C=O) groups excluding carboxylic acids is 1. The van der Waals surface area contributed by atoms with Crippen LogP contribution in [0.5, 0.6) is 0 Å². The fourth-order valence-electron chi connectivity index (χ4n) is 8.75. The Hall–Kier alpha value is -0.496. The number of rotatable bonds is 7. The highest BCUT2D eigenvalue weighted by atomic mass is 28.2. The summed E-state index contributed by atoms with van der Waals surface area (Å²) in [4.78, 5) is 12.2. The lowest BCUT2D eigenvalue weighted by molar-refractivity contribution is -0.129. The zero-order valence-electron chi connectivity index (χ0n) is 22.5. The predicted octanol–water partition coefficient (Wildman–Crippen LogP) is 5.59. The van der Waals surface area contributed by atoms with Crippen LogP contribution in [0.15, 0.2) is 23.3 Å². The van der Waals surface area contributed by atoms with Gasteiger partial charge < -0.3 is 8.85 Å². The van der Waals surface area contributed by atoms with Crippen molar-refractivity contribution in [2.75, 3.05) is 0 Å². The molecule has 0 heterocycles. The molecule has 1 unspecified atom stereocenters. The molecule has 33 heavy (non-hydrogen) atoms. The van der Waals surface area contributed by atoms with Gasteiger partial charge in [-0.1, -0.05) is 59.4 Å². The molecule has 0 aliphatic heterocycles. The smallest absolute Gasteiger partial charge is 0.161 e. The van der Waals surface area contributed by atoms with Gasteiger partial charge in [0.25, 0.3) is 0 Å². The van der Waals surface area contributed by atoms with Crippen LogP contribution in [0.3, 0.4) is 0 Å². The van der Waals surface area contributed by atoms with Gasteiger partial charge >= 0.3 is 0 Å². The van der Waals surface area contributed by atoms with E-state index < -0.39 is 19.5 Å². The Morgan fingerprint density at radius 2 is 1.70 bits per heavy atom. The quantitative estimate of drug-likeness (QED) is 0.346. The molecule has 0 N–H and O–H groups in total. The molecule has 0 bridgehead atoms. The predicted molar refractivity (Wildman–Crippen MR) is 142 cm³/mol. The lowest BCUT2D eigenvalue weighted by Crippen LogP contribution is -2.52. The van der Waals surface area contributed by atoms with Crippen LogP contribution < -0.4 is 0 Å². The third-order valence-electron chi connectivity index (χ3n) is 11.0. The summed E-state index contributed by atoms with van der Waals surface area (Å²) < 4.78 is 12.6. The van der Waals surface area contributed by atoms with Gasteiger partial charge in [-0.05, 0) is 91.1 Å². The zero-order chi connectivity index (χ0) is 24.2. The van der Waals surface area contributed by atoms with Crippen LogP contribution in [-0.4, -0.2) is 31.6 Å². The van der Waals surface area contributed by atoms with Crippen molar-refractivity contribution < 1.29 is 13.6 Å². The Morgan fingerprint density at radius 1 is 1.03 bits per heavy atom. The Bertz CT molecular complexity index is 827. The summed E-state index contributed by atoms with van der Waals surface area (Å²) in [5.74, 6) is 3.74. The summed E-state index contributed by atoms with van der Waals surface area (Å²) in [6.07, 6.45) is 11.4. The molecular formula is C28H48O3Si2. The molecule has 0 aromatic heterocycles. The Balaban J connectivity index is 1.64. The summed E-state index contributed by atoms with van der Waals surface area (Å²) in [7, 11) is -1.01. The first-order chi connectivity index (χ1) is 15.5. The van der Waals surface area contributed by atoms with E-state index in [2.05, 4.69) is 60.7 Å². The van der Waals surface area contributed by atoms with Crippen LogP contribution in [0.4, 0.5) is 0 Å². The Morgan fingerprint density at radius 3 is 2.33 bits per heavy atom. The minimum Gasteiger partial charge on any atom is -0.400 e. The fraction of sp³-hybridized carbons (Fsp3) is 0.821. The minimum atomic E-state index is -0.506. The molecule has 2 saturated carbocycles. The van der Waals surface area contributed by atoms with Crippen molar-refractivity contribution in [3.05, 3.63) is 23.3 Å². The second-order valence-electron chi connectivity index (χ2n) is 12.7. The highest BCUT2D eigenvalue weighted by Crippen LogP contribution is 2.68. The van der Waals surface area contributed by atoms with Crippen LogP contribution in [0.1, 0.15) is 80.1 Å². The van der Waals surface area contributed by atoms with Crippen LogP contribution in [0, 0.1) is 45.8 Å². The number of hydrogen-bond donors (Lipinski definition) is 0. The van der Waals surface area contributed by atoms with Crippen LogP contribution >= 0.6 is 0 Å². The average molecular weight is 489 g/mol. The van der Waals surface area contributed by atoms with Crippen molar-refractivity contribution in [2.45, 2.75) is 99.5 Å². The van der Waals surface area contributed by atoms with E-state index in [1.54, 1.807) is 5.57 Å². The van der Waals surface area contributed by atoms with Crippen LogP contribution in [-0.2, 0) is 13.6 Å². The van der Waals surface area contributed by atoms with Crippen molar-refractivity contribution in [3.63, 3.8) is 0 Å². The maximum atomic E-state index is 12.2. The summed E-state index contributed by atoms with van der Waals surface area (Å²) in [6.45, 7) is 19.2. The summed E-state index contributed by atoms with van der Waals surface area (Å²) in [5.41, 5.74) is 3.48. The Kier molecular flexibility index (Phi) is 7.12. The lowest BCUT2D eigenvalue weighted by Gasteiger charge is -2.58. The summed E-state index contributed by atoms with van der Waals surface area (Å²) in [5, 5.41) is 0. The molecule has 0 aromatic rings. The lowest BCUT2D eigenvalue weighted by atomic mass is 9.46. The molecule has 5 heteroatoms. The van der Waals surface area contributed by atoms with E-state index >= 15 is 0 Å². The van der Waals surface area contributed by atoms with Gasteiger partial charge in [-0.15, -0.1) is 0 Å². The average Bonchev–Trinajstić information content (AvgIpc) is 3.11. The summed E-state index contributed by atoms with van der Waals surface area (Å²) in [6, 6.07) is 0. The van der Waals surface area contributed by atoms with E-state index in [1.165, 1.54) is 31.3 Å². The van der Waals surface area contributed by atoms with Gasteiger partial charge in [-0.2, -0.15) is 0 Å². The van der Waals surface area contributed by atoms with Crippen LogP contribution in [0.25, 0.3) is 0 Å². The molecule has 186 valence electrons. The number of carbonyl (C=O) groups is 1. The minimum absolute atomic E-state index is 0.0254. The second kappa shape index (κ2) is 9.18. The van der Waals surface area contributed by atoms with Gasteiger partial charge in [-0.3, -0.25) is 4.79 Å². The first-order valence-electron chi connectivity index (χ1n) is 13.7. The number of allylic oxidation sites excluding steroid dienone is 4. The molecule has 0 spiro atoms. The van der Waals surface area contributed by atoms with E-state index in [4.69, 9.17) is 8.85 Å². The van der Waals surface area contributed by atoms with Gasteiger partial charge in [-0.25, -0.2) is 0 Å². The van der Waals surface area contributed by atoms with Gasteiger partial charge in [0, 0.05) is 11.8 Å². The van der Waals surface area contributed by atoms with E-state index in [0.29, 0.717) is 29.0 Å². The molecule has 0 amide bonds. The van der Waals surface area contributed by atoms with Crippen molar-refractivity contribution in [1.82, 2.24) is 0 Å². The van der Waals surface area contributed by atoms with Gasteiger partial charge in [0.05, 0.1) is 0 Å². The van der Waals surface area contributed by atoms with E-state index in [1.807, 2.05) is 6.08 Å². The molecule has 4 rings (SSSR count). The van der Waals surface area contributed by atoms with Crippen molar-refractivity contribution in [3.8, 4) is 0 Å². The van der Waals surface area contributed by atoms with Crippen molar-refractivity contribution >= 4 is 25.3 Å². The molecule has 0 aromatic carbocycles. The highest BCUT2D eigenvalue weighted by molar-refractivity contribution is 6.26. The van der Waals surface area contributed by atoms with E-state index in [9.17, 15) is 4.79 Å². The SMILES string of the molecule is C[SiH2]OC(O[SiH2]C)C(C)(C)C(C)[C@H]1CC[C@H]2[C@@H]3C(C)=CC4=CC(=O)CC[C@]4(C)[C@H]3CC[C@]12C. The third kappa shape index (κ3) is 4.03. The van der Waals surface area contributed by atoms with Crippen molar-refractivity contribution in [1.29, 1.82) is 0 Å². The first-order valence-corrected chi connectivity index (χ1v) is 17.6. The maximum absolute atomic E-state index is 12.2. The van der Waals surface area contributed by atoms with Gasteiger partial charge in [0.1, 0.15) is 6.29 Å². The third-order valence-corrected chi connectivity index (χ3v) is 12.2. The molecule has 0 saturated heterocycles. The number of hydrogen-bond acceptors (Lipinski definition) is 3. The second-order valence-corrected chi connectivity index (χ2v) is 14.5. The van der Waals surface area contributed by atoms with E-state index in [-0.39, 0.29) is 17.1 Å². The highest BCUT2D eigenvalue weighted by Gasteiger charge is 2.61. The van der Waals surface area contributed by atoms with Gasteiger partial charge in [0.2, 0.25) is 0 Å². The monoisotopic (exact) mass is 488 g/mol. The molecule has 3 nitrogen and oxygen atoms in total. The molecule has 2 fully saturated rings. The van der Waals surface area contributed by atoms with Crippen molar-refractivity contribution in [2.24, 2.45) is 45.8 Å². The molecule has 4 aliphatic carbocycles. The molecule has 0 radical (unpaired) electrons. The molecular weight excluding hydrogens is 440 g/mol. The largest absolute Gasteiger partial charge is 0.400 e. The number of fused-ring (bicyclic) bond motifs is 5. The first kappa shape index (κ1) is 25.6. The Labute approximate surface area is 207 Å². The molecule has 7 atom stereocenters. The maximum Gasteiger partial charge on any atom is 0.161 e. The normalized spacial score (nSPS) is 41.0. The summed E-state index contributed by atoms with van der Waals surface area (Å²) >= 11 is 0. The zero-order valence-corrected chi connectivity index (χ0v) is 25.3. The number of ketones is 1. The fourth-order valence-corrected chi connectivity index (χ4v) is 10.6. The topological polar surface area (TPSA) is 35.5 Å². The van der Waals surface area contributed by atoms with Crippen LogP contribution in [0.2, 0.25) is 13.1 Å². The van der Waals surface area contributed by atoms with E-state index in [0.717, 1.165) is 24.7 Å². The standard InChI is InChI=1S/C28H48O3Si2/c1-17-15-19-16-20(29)11-13-27(19,5)23-12-14-28(6)21(9-10-22(28)24(17)23)18(2)26(3,4)25(30-32-7)31-33-8/h15-16,18,21-25H,9-14,32-33H2,1-8H3/t18?,21-,22+,23+,24+,27+,28-/m1/s1.